The van der Waals surface area contributed by atoms with Gasteiger partial charge < -0.3 is 0 Å². The summed E-state index contributed by atoms with van der Waals surface area (Å²) < 4.78 is 1.12. The Balaban J connectivity index is 2.54. The molecular formula is C10H7IN2. The second-order valence-electron chi connectivity index (χ2n) is 2.55. The summed E-state index contributed by atoms with van der Waals surface area (Å²) >= 11 is 2.26. The highest BCUT2D eigenvalue weighted by Crippen LogP contribution is 2.19. The highest BCUT2D eigenvalue weighted by Gasteiger charge is 2.02. The highest BCUT2D eigenvalue weighted by atomic mass is 127. The average molecular weight is 282 g/mol. The van der Waals surface area contributed by atoms with Crippen LogP contribution < -0.4 is 0 Å². The average Bonchev–Trinajstić information content (AvgIpc) is 2.20. The third kappa shape index (κ3) is 1.85. The molecule has 2 nitrogen and oxygen atoms in total. The van der Waals surface area contributed by atoms with Gasteiger partial charge in [-0.05, 0) is 46.9 Å². The summed E-state index contributed by atoms with van der Waals surface area (Å²) in [4.78, 5) is 8.52. The number of aromatic nitrogens is 2. The quantitative estimate of drug-likeness (QED) is 0.752. The van der Waals surface area contributed by atoms with Gasteiger partial charge in [-0.25, -0.2) is 0 Å². The van der Waals surface area contributed by atoms with Crippen molar-refractivity contribution in [1.29, 1.82) is 0 Å². The van der Waals surface area contributed by atoms with Gasteiger partial charge in [0.15, 0.2) is 0 Å². The Bertz CT molecular complexity index is 401. The molecule has 0 saturated carbocycles. The van der Waals surface area contributed by atoms with Crippen molar-refractivity contribution >= 4 is 22.6 Å². The second-order valence-corrected chi connectivity index (χ2v) is 3.71. The van der Waals surface area contributed by atoms with Gasteiger partial charge in [0.25, 0.3) is 0 Å². The molecule has 0 radical (unpaired) electrons. The lowest BCUT2D eigenvalue weighted by Crippen LogP contribution is -1.88. The van der Waals surface area contributed by atoms with Crippen LogP contribution >= 0.6 is 22.6 Å². The van der Waals surface area contributed by atoms with Crippen molar-refractivity contribution in [3.63, 3.8) is 0 Å². The summed E-state index contributed by atoms with van der Waals surface area (Å²) in [5, 5.41) is 0. The van der Waals surface area contributed by atoms with Gasteiger partial charge >= 0.3 is 0 Å². The molecule has 0 spiro atoms. The fourth-order valence-corrected chi connectivity index (χ4v) is 1.70. The summed E-state index contributed by atoms with van der Waals surface area (Å²) in [5.41, 5.74) is 1.87. The van der Waals surface area contributed by atoms with Gasteiger partial charge in [0.05, 0.1) is 5.69 Å². The van der Waals surface area contributed by atoms with Gasteiger partial charge in [-0.1, -0.05) is 6.07 Å². The summed E-state index contributed by atoms with van der Waals surface area (Å²) in [7, 11) is 0. The van der Waals surface area contributed by atoms with Crippen molar-refractivity contribution < 1.29 is 0 Å². The molecule has 0 aliphatic heterocycles. The molecule has 13 heavy (non-hydrogen) atoms. The van der Waals surface area contributed by atoms with Crippen LogP contribution in [0.25, 0.3) is 11.4 Å². The number of nitrogens with zero attached hydrogens (tertiary/aromatic N) is 2. The molecule has 0 bridgehead atoms. The van der Waals surface area contributed by atoms with E-state index in [0.717, 1.165) is 15.0 Å². The Hall–Kier alpha value is -0.970. The van der Waals surface area contributed by atoms with Crippen molar-refractivity contribution in [1.82, 2.24) is 9.97 Å². The first kappa shape index (κ1) is 8.62. The van der Waals surface area contributed by atoms with Crippen molar-refractivity contribution in [3.8, 4) is 11.4 Å². The van der Waals surface area contributed by atoms with Crippen LogP contribution in [0, 0.1) is 3.57 Å². The topological polar surface area (TPSA) is 25.8 Å². The Labute approximate surface area is 90.2 Å². The van der Waals surface area contributed by atoms with E-state index in [0.29, 0.717) is 0 Å². The fraction of sp³-hybridized carbons (Fsp3) is 0. The maximum absolute atomic E-state index is 4.28. The van der Waals surface area contributed by atoms with Crippen molar-refractivity contribution in [2.24, 2.45) is 0 Å². The van der Waals surface area contributed by atoms with E-state index in [1.54, 1.807) is 12.4 Å². The van der Waals surface area contributed by atoms with E-state index >= 15 is 0 Å². The zero-order valence-electron chi connectivity index (χ0n) is 6.81. The van der Waals surface area contributed by atoms with Gasteiger partial charge in [-0.3, -0.25) is 9.97 Å². The Morgan fingerprint density at radius 2 is 1.77 bits per heavy atom. The van der Waals surface area contributed by atoms with Crippen molar-refractivity contribution in [2.45, 2.75) is 0 Å². The predicted octanol–water partition coefficient (Wildman–Crippen LogP) is 2.75. The molecule has 0 fully saturated rings. The molecular weight excluding hydrogens is 275 g/mol. The van der Waals surface area contributed by atoms with Gasteiger partial charge in [0.1, 0.15) is 5.69 Å². The number of hydrogen-bond donors (Lipinski definition) is 0. The third-order valence-corrected chi connectivity index (χ3v) is 2.54. The molecule has 0 aliphatic rings. The monoisotopic (exact) mass is 282 g/mol. The Kier molecular flexibility index (Phi) is 2.54. The second kappa shape index (κ2) is 3.83. The van der Waals surface area contributed by atoms with E-state index in [1.165, 1.54) is 0 Å². The normalized spacial score (nSPS) is 9.92. The summed E-state index contributed by atoms with van der Waals surface area (Å²) in [6, 6.07) is 9.78. The highest BCUT2D eigenvalue weighted by molar-refractivity contribution is 14.1. The van der Waals surface area contributed by atoms with E-state index in [1.807, 2.05) is 30.3 Å². The van der Waals surface area contributed by atoms with E-state index in [-0.39, 0.29) is 0 Å². The predicted molar refractivity (Wildman–Crippen MR) is 60.2 cm³/mol. The molecule has 0 amide bonds. The van der Waals surface area contributed by atoms with Crippen molar-refractivity contribution in [3.05, 3.63) is 46.3 Å². The van der Waals surface area contributed by atoms with Gasteiger partial charge in [0.2, 0.25) is 0 Å². The molecule has 0 unspecified atom stereocenters. The van der Waals surface area contributed by atoms with Crippen LogP contribution in [0.4, 0.5) is 0 Å². The first-order valence-electron chi connectivity index (χ1n) is 3.90. The molecule has 3 heteroatoms. The zero-order valence-corrected chi connectivity index (χ0v) is 8.97. The molecule has 2 aromatic heterocycles. The number of halogens is 1. The van der Waals surface area contributed by atoms with Crippen LogP contribution in [0.5, 0.6) is 0 Å². The van der Waals surface area contributed by atoms with E-state index in [9.17, 15) is 0 Å². The molecule has 0 aromatic carbocycles. The number of rotatable bonds is 1. The fourth-order valence-electron chi connectivity index (χ4n) is 1.08. The summed E-state index contributed by atoms with van der Waals surface area (Å²) in [6.07, 6.45) is 3.56. The van der Waals surface area contributed by atoms with E-state index < -0.39 is 0 Å². The van der Waals surface area contributed by atoms with Gasteiger partial charge in [0, 0.05) is 16.0 Å². The largest absolute Gasteiger partial charge is 0.255 e. The van der Waals surface area contributed by atoms with Crippen LogP contribution in [-0.4, -0.2) is 9.97 Å². The number of hydrogen-bond acceptors (Lipinski definition) is 2. The van der Waals surface area contributed by atoms with Crippen LogP contribution in [0.1, 0.15) is 0 Å². The molecule has 64 valence electrons. The molecule has 0 N–H and O–H groups in total. The van der Waals surface area contributed by atoms with Crippen LogP contribution in [0.15, 0.2) is 42.7 Å². The van der Waals surface area contributed by atoms with Crippen LogP contribution in [0.3, 0.4) is 0 Å². The van der Waals surface area contributed by atoms with Gasteiger partial charge in [-0.2, -0.15) is 0 Å². The minimum absolute atomic E-state index is 0.924. The van der Waals surface area contributed by atoms with E-state index in [2.05, 4.69) is 32.6 Å². The SMILES string of the molecule is Ic1cccnc1-c1ccccn1. The van der Waals surface area contributed by atoms with Crippen LogP contribution in [-0.2, 0) is 0 Å². The lowest BCUT2D eigenvalue weighted by atomic mass is 10.2. The zero-order chi connectivity index (χ0) is 9.10. The summed E-state index contributed by atoms with van der Waals surface area (Å²) in [6.45, 7) is 0. The van der Waals surface area contributed by atoms with Crippen LogP contribution in [0.2, 0.25) is 0 Å². The maximum Gasteiger partial charge on any atom is 0.102 e. The molecule has 2 rings (SSSR count). The third-order valence-electron chi connectivity index (χ3n) is 1.67. The smallest absolute Gasteiger partial charge is 0.102 e. The van der Waals surface area contributed by atoms with Crippen molar-refractivity contribution in [2.75, 3.05) is 0 Å². The summed E-state index contributed by atoms with van der Waals surface area (Å²) in [5.74, 6) is 0. The minimum atomic E-state index is 0.924. The lowest BCUT2D eigenvalue weighted by molar-refractivity contribution is 1.23. The Morgan fingerprint density at radius 3 is 2.46 bits per heavy atom. The standard InChI is InChI=1S/C10H7IN2/c11-8-4-3-7-13-10(8)9-5-1-2-6-12-9/h1-7H. The van der Waals surface area contributed by atoms with E-state index in [4.69, 9.17) is 0 Å². The molecule has 0 saturated heterocycles. The maximum atomic E-state index is 4.28. The minimum Gasteiger partial charge on any atom is -0.255 e. The molecule has 0 aliphatic carbocycles. The van der Waals surface area contributed by atoms with Gasteiger partial charge in [-0.15, -0.1) is 0 Å². The molecule has 2 heterocycles. The molecule has 2 aromatic rings. The molecule has 0 atom stereocenters. The number of pyridine rings is 2. The first-order chi connectivity index (χ1) is 6.38. The lowest BCUT2D eigenvalue weighted by Gasteiger charge is -2.00. The first-order valence-corrected chi connectivity index (χ1v) is 4.98. The Morgan fingerprint density at radius 1 is 0.923 bits per heavy atom.